The Balaban J connectivity index is 1.45. The zero-order chi connectivity index (χ0) is 25.1. The summed E-state index contributed by atoms with van der Waals surface area (Å²) in [5, 5.41) is 0. The molecule has 2 aromatic carbocycles. The Morgan fingerprint density at radius 1 is 0.944 bits per heavy atom. The molecular formula is C29H31N3O4. The van der Waals surface area contributed by atoms with Gasteiger partial charge in [-0.1, -0.05) is 30.3 Å². The lowest BCUT2D eigenvalue weighted by Crippen LogP contribution is -2.53. The van der Waals surface area contributed by atoms with Gasteiger partial charge in [0.05, 0.1) is 26.0 Å². The summed E-state index contributed by atoms with van der Waals surface area (Å²) in [5.74, 6) is 0.243. The fraction of sp³-hybridized carbons (Fsp3) is 0.310. The maximum atomic E-state index is 13.9. The van der Waals surface area contributed by atoms with Crippen molar-refractivity contribution in [2.24, 2.45) is 5.92 Å². The average Bonchev–Trinajstić information content (AvgIpc) is 3.43. The predicted molar refractivity (Wildman–Crippen MR) is 137 cm³/mol. The lowest BCUT2D eigenvalue weighted by Gasteiger charge is -2.44. The molecule has 0 bridgehead atoms. The Bertz CT molecular complexity index is 1210. The number of furan rings is 1. The van der Waals surface area contributed by atoms with E-state index >= 15 is 0 Å². The number of rotatable bonds is 7. The van der Waals surface area contributed by atoms with Crippen molar-refractivity contribution in [3.63, 3.8) is 0 Å². The number of hydrogen-bond donors (Lipinski definition) is 0. The Kier molecular flexibility index (Phi) is 6.91. The van der Waals surface area contributed by atoms with Gasteiger partial charge in [-0.2, -0.15) is 0 Å². The summed E-state index contributed by atoms with van der Waals surface area (Å²) in [4.78, 5) is 33.6. The number of benzene rings is 2. The standard InChI is InChI=1S/C29H31N3O4/c1-21-19-26(33)27(29(34)32(21)20-25-9-6-18-36-25)28(22-10-12-24(35-2)13-11-22)31-16-14-30(15-17-31)23-7-4-3-5-8-23/h3-13,18-19,27-28H,14-17,20H2,1-2H3. The summed E-state index contributed by atoms with van der Waals surface area (Å²) in [6.45, 7) is 5.21. The van der Waals surface area contributed by atoms with Gasteiger partial charge in [0.15, 0.2) is 5.78 Å². The van der Waals surface area contributed by atoms with Crippen LogP contribution in [0.25, 0.3) is 0 Å². The minimum Gasteiger partial charge on any atom is -0.497 e. The molecule has 2 aliphatic heterocycles. The first-order valence-electron chi connectivity index (χ1n) is 12.3. The van der Waals surface area contributed by atoms with Gasteiger partial charge in [-0.15, -0.1) is 0 Å². The van der Waals surface area contributed by atoms with Crippen LogP contribution in [0.5, 0.6) is 5.75 Å². The van der Waals surface area contributed by atoms with E-state index in [-0.39, 0.29) is 17.7 Å². The Morgan fingerprint density at radius 3 is 2.31 bits per heavy atom. The number of hydrogen-bond acceptors (Lipinski definition) is 6. The molecule has 0 radical (unpaired) electrons. The van der Waals surface area contributed by atoms with Crippen molar-refractivity contribution in [1.29, 1.82) is 0 Å². The van der Waals surface area contributed by atoms with Crippen LogP contribution in [-0.4, -0.2) is 54.8 Å². The molecule has 1 saturated heterocycles. The molecule has 2 atom stereocenters. The fourth-order valence-corrected chi connectivity index (χ4v) is 5.20. The number of nitrogens with zero attached hydrogens (tertiary/aromatic N) is 3. The van der Waals surface area contributed by atoms with Crippen LogP contribution in [-0.2, 0) is 16.1 Å². The Labute approximate surface area is 211 Å². The lowest BCUT2D eigenvalue weighted by atomic mass is 9.84. The second-order valence-corrected chi connectivity index (χ2v) is 9.25. The number of piperazine rings is 1. The number of ether oxygens (including phenoxy) is 1. The highest BCUT2D eigenvalue weighted by Crippen LogP contribution is 2.37. The minimum absolute atomic E-state index is 0.153. The van der Waals surface area contributed by atoms with E-state index in [4.69, 9.17) is 9.15 Å². The number of para-hydroxylation sites is 1. The molecule has 1 amide bonds. The van der Waals surface area contributed by atoms with Gasteiger partial charge in [0.1, 0.15) is 17.4 Å². The average molecular weight is 486 g/mol. The molecule has 1 fully saturated rings. The van der Waals surface area contributed by atoms with Crippen molar-refractivity contribution in [2.75, 3.05) is 38.2 Å². The number of carbonyl (C=O) groups is 2. The SMILES string of the molecule is COc1ccc(C(C2C(=O)C=C(C)N(Cc3ccco3)C2=O)N2CCN(c3ccccc3)CC2)cc1. The van der Waals surface area contributed by atoms with E-state index in [9.17, 15) is 9.59 Å². The predicted octanol–water partition coefficient (Wildman–Crippen LogP) is 4.28. The van der Waals surface area contributed by atoms with E-state index in [1.54, 1.807) is 37.3 Å². The zero-order valence-electron chi connectivity index (χ0n) is 20.7. The first-order chi connectivity index (χ1) is 17.5. The van der Waals surface area contributed by atoms with E-state index < -0.39 is 5.92 Å². The molecule has 2 aliphatic rings. The van der Waals surface area contributed by atoms with Crippen LogP contribution >= 0.6 is 0 Å². The summed E-state index contributed by atoms with van der Waals surface area (Å²) in [6.07, 6.45) is 3.20. The molecule has 0 aliphatic carbocycles. The quantitative estimate of drug-likeness (QED) is 0.466. The summed E-state index contributed by atoms with van der Waals surface area (Å²) in [6, 6.07) is 21.3. The molecule has 3 heterocycles. The molecule has 7 heteroatoms. The summed E-state index contributed by atoms with van der Waals surface area (Å²) < 4.78 is 10.9. The van der Waals surface area contributed by atoms with Crippen LogP contribution < -0.4 is 9.64 Å². The maximum absolute atomic E-state index is 13.9. The summed E-state index contributed by atoms with van der Waals surface area (Å²) >= 11 is 0. The van der Waals surface area contributed by atoms with Crippen LogP contribution in [0.15, 0.2) is 89.2 Å². The van der Waals surface area contributed by atoms with Crippen LogP contribution in [0.4, 0.5) is 5.69 Å². The van der Waals surface area contributed by atoms with Crippen LogP contribution in [0.2, 0.25) is 0 Å². The van der Waals surface area contributed by atoms with Crippen molar-refractivity contribution < 1.29 is 18.7 Å². The van der Waals surface area contributed by atoms with Crippen LogP contribution in [0.3, 0.4) is 0 Å². The third kappa shape index (κ3) is 4.79. The molecule has 186 valence electrons. The van der Waals surface area contributed by atoms with Gasteiger partial charge in [0, 0.05) is 43.6 Å². The van der Waals surface area contributed by atoms with Gasteiger partial charge in [-0.05, 0) is 48.9 Å². The topological polar surface area (TPSA) is 66.2 Å². The van der Waals surface area contributed by atoms with E-state index in [0.717, 1.165) is 37.5 Å². The molecule has 3 aromatic rings. The van der Waals surface area contributed by atoms with E-state index in [0.29, 0.717) is 18.0 Å². The van der Waals surface area contributed by atoms with Crippen LogP contribution in [0.1, 0.15) is 24.3 Å². The molecule has 0 spiro atoms. The smallest absolute Gasteiger partial charge is 0.240 e. The number of methoxy groups -OCH3 is 1. The maximum Gasteiger partial charge on any atom is 0.240 e. The van der Waals surface area contributed by atoms with E-state index in [2.05, 4.69) is 21.9 Å². The Hall–Kier alpha value is -3.84. The van der Waals surface area contributed by atoms with Gasteiger partial charge in [-0.25, -0.2) is 0 Å². The van der Waals surface area contributed by atoms with Gasteiger partial charge in [0.2, 0.25) is 5.91 Å². The van der Waals surface area contributed by atoms with Gasteiger partial charge in [-0.3, -0.25) is 14.5 Å². The second kappa shape index (κ2) is 10.4. The molecule has 0 N–H and O–H groups in total. The molecule has 1 aromatic heterocycles. The third-order valence-electron chi connectivity index (χ3n) is 7.11. The number of ketones is 1. The van der Waals surface area contributed by atoms with Crippen molar-refractivity contribution in [1.82, 2.24) is 9.80 Å². The monoisotopic (exact) mass is 485 g/mol. The molecule has 36 heavy (non-hydrogen) atoms. The molecule has 5 rings (SSSR count). The summed E-state index contributed by atoms with van der Waals surface area (Å²) in [5.41, 5.74) is 2.76. The van der Waals surface area contributed by atoms with E-state index in [1.165, 1.54) is 5.69 Å². The molecule has 0 saturated carbocycles. The number of allylic oxidation sites excluding steroid dienone is 2. The van der Waals surface area contributed by atoms with Gasteiger partial charge in [0.25, 0.3) is 0 Å². The zero-order valence-corrected chi connectivity index (χ0v) is 20.7. The Morgan fingerprint density at radius 2 is 1.67 bits per heavy atom. The van der Waals surface area contributed by atoms with E-state index in [1.807, 2.05) is 48.5 Å². The van der Waals surface area contributed by atoms with Crippen molar-refractivity contribution in [3.8, 4) is 5.75 Å². The fourth-order valence-electron chi connectivity index (χ4n) is 5.20. The number of carbonyl (C=O) groups excluding carboxylic acids is 2. The van der Waals surface area contributed by atoms with Crippen molar-refractivity contribution in [3.05, 3.63) is 96.1 Å². The highest BCUT2D eigenvalue weighted by molar-refractivity contribution is 6.10. The van der Waals surface area contributed by atoms with Crippen LogP contribution in [0, 0.1) is 5.92 Å². The lowest BCUT2D eigenvalue weighted by molar-refractivity contribution is -0.144. The van der Waals surface area contributed by atoms with Gasteiger partial charge >= 0.3 is 0 Å². The molecule has 2 unspecified atom stereocenters. The highest BCUT2D eigenvalue weighted by atomic mass is 16.5. The second-order valence-electron chi connectivity index (χ2n) is 9.25. The first kappa shape index (κ1) is 23.9. The first-order valence-corrected chi connectivity index (χ1v) is 12.3. The minimum atomic E-state index is -0.833. The van der Waals surface area contributed by atoms with Crippen molar-refractivity contribution in [2.45, 2.75) is 19.5 Å². The third-order valence-corrected chi connectivity index (χ3v) is 7.11. The molecular weight excluding hydrogens is 454 g/mol. The molecule has 7 nitrogen and oxygen atoms in total. The van der Waals surface area contributed by atoms with Crippen molar-refractivity contribution >= 4 is 17.4 Å². The summed E-state index contributed by atoms with van der Waals surface area (Å²) in [7, 11) is 1.63. The number of anilines is 1. The normalized spacial score (nSPS) is 19.8. The van der Waals surface area contributed by atoms with Gasteiger partial charge < -0.3 is 19.0 Å². The largest absolute Gasteiger partial charge is 0.497 e. The highest BCUT2D eigenvalue weighted by Gasteiger charge is 2.44. The number of amides is 1.